The van der Waals surface area contributed by atoms with Crippen molar-refractivity contribution in [3.05, 3.63) is 27.7 Å². The molecule has 1 aromatic carbocycles. The molecule has 0 amide bonds. The van der Waals surface area contributed by atoms with Crippen LogP contribution in [0.1, 0.15) is 0 Å². The van der Waals surface area contributed by atoms with Crippen molar-refractivity contribution in [3.8, 4) is 0 Å². The summed E-state index contributed by atoms with van der Waals surface area (Å²) < 4.78 is 0.967. The van der Waals surface area contributed by atoms with E-state index in [1.165, 1.54) is 0 Å². The third kappa shape index (κ3) is 1.01. The van der Waals surface area contributed by atoms with Crippen LogP contribution in [0.2, 0.25) is 5.02 Å². The highest BCUT2D eigenvalue weighted by atomic mass is 79.9. The van der Waals surface area contributed by atoms with E-state index in [2.05, 4.69) is 15.9 Å². The lowest BCUT2D eigenvalue weighted by Gasteiger charge is -1.86. The highest BCUT2D eigenvalue weighted by Crippen LogP contribution is 2.21. The molecule has 1 aromatic rings. The Labute approximate surface area is 55.6 Å². The highest BCUT2D eigenvalue weighted by molar-refractivity contribution is 9.10. The molecule has 2 heteroatoms. The van der Waals surface area contributed by atoms with E-state index in [-0.39, 0.29) is 0 Å². The molecular weight excluding hydrogens is 175 g/mol. The normalized spacial score (nSPS) is 9.43. The number of hydrogen-bond acceptors (Lipinski definition) is 0. The fraction of sp³-hybridized carbons (Fsp3) is 0. The number of hydrogen-bond donors (Lipinski definition) is 0. The summed E-state index contributed by atoms with van der Waals surface area (Å²) in [4.78, 5) is 0. The molecule has 0 spiro atoms. The standard InChI is InChI=1S/C5H3BrCl/c6-4-2-1-3-5(4)7/h1-3H/q-1. The Morgan fingerprint density at radius 2 is 2.43 bits per heavy atom. The molecule has 0 radical (unpaired) electrons. The van der Waals surface area contributed by atoms with Crippen LogP contribution in [-0.2, 0) is 0 Å². The minimum Gasteiger partial charge on any atom is -0.211 e. The van der Waals surface area contributed by atoms with E-state index in [1.54, 1.807) is 0 Å². The maximum Gasteiger partial charge on any atom is -0.0578 e. The summed E-state index contributed by atoms with van der Waals surface area (Å²) in [6.07, 6.45) is 0. The maximum atomic E-state index is 5.58. The van der Waals surface area contributed by atoms with Crippen LogP contribution in [0.3, 0.4) is 0 Å². The van der Waals surface area contributed by atoms with Gasteiger partial charge in [-0.05, 0) is 0 Å². The lowest BCUT2D eigenvalue weighted by atomic mass is 10.7. The van der Waals surface area contributed by atoms with Gasteiger partial charge in [0.05, 0.1) is 0 Å². The molecule has 0 saturated heterocycles. The van der Waals surface area contributed by atoms with Gasteiger partial charge in [0, 0.05) is 0 Å². The van der Waals surface area contributed by atoms with E-state index in [0.29, 0.717) is 0 Å². The average molecular weight is 178 g/mol. The molecule has 0 atom stereocenters. The van der Waals surface area contributed by atoms with Crippen LogP contribution in [-0.4, -0.2) is 0 Å². The van der Waals surface area contributed by atoms with Gasteiger partial charge in [0.15, 0.2) is 0 Å². The molecule has 0 aliphatic carbocycles. The number of halogens is 2. The van der Waals surface area contributed by atoms with Crippen LogP contribution in [0, 0.1) is 0 Å². The second-order valence-corrected chi connectivity index (χ2v) is 2.48. The summed E-state index contributed by atoms with van der Waals surface area (Å²) in [5.74, 6) is 0. The van der Waals surface area contributed by atoms with Gasteiger partial charge in [-0.1, -0.05) is 25.4 Å². The molecule has 1 rings (SSSR count). The SMILES string of the molecule is Cl[c-]1cccc1Br. The van der Waals surface area contributed by atoms with Crippen LogP contribution < -0.4 is 0 Å². The van der Waals surface area contributed by atoms with E-state index < -0.39 is 0 Å². The largest absolute Gasteiger partial charge is 0.211 e. The summed E-state index contributed by atoms with van der Waals surface area (Å²) >= 11 is 8.81. The topological polar surface area (TPSA) is 0 Å². The smallest absolute Gasteiger partial charge is 0.0578 e. The maximum absolute atomic E-state index is 5.58. The van der Waals surface area contributed by atoms with Gasteiger partial charge in [-0.2, -0.15) is 23.7 Å². The predicted octanol–water partition coefficient (Wildman–Crippen LogP) is 2.82. The summed E-state index contributed by atoms with van der Waals surface area (Å²) in [6.45, 7) is 0. The van der Waals surface area contributed by atoms with Crippen LogP contribution in [0.25, 0.3) is 0 Å². The van der Waals surface area contributed by atoms with Crippen molar-refractivity contribution < 1.29 is 0 Å². The second-order valence-electron chi connectivity index (χ2n) is 1.22. The first-order valence-electron chi connectivity index (χ1n) is 1.87. The van der Waals surface area contributed by atoms with Crippen LogP contribution in [0.5, 0.6) is 0 Å². The minimum absolute atomic E-state index is 0.778. The van der Waals surface area contributed by atoms with Crippen molar-refractivity contribution in [2.75, 3.05) is 0 Å². The van der Waals surface area contributed by atoms with Gasteiger partial charge in [-0.3, -0.25) is 0 Å². The lowest BCUT2D eigenvalue weighted by molar-refractivity contribution is 1.88. The molecule has 0 nitrogen and oxygen atoms in total. The van der Waals surface area contributed by atoms with Gasteiger partial charge in [0.1, 0.15) is 0 Å². The molecule has 0 saturated carbocycles. The second kappa shape index (κ2) is 1.93. The van der Waals surface area contributed by atoms with Crippen molar-refractivity contribution >= 4 is 27.5 Å². The van der Waals surface area contributed by atoms with Crippen molar-refractivity contribution in [2.45, 2.75) is 0 Å². The third-order valence-corrected chi connectivity index (χ3v) is 1.96. The van der Waals surface area contributed by atoms with Crippen LogP contribution >= 0.6 is 27.5 Å². The van der Waals surface area contributed by atoms with Crippen molar-refractivity contribution in [1.82, 2.24) is 0 Å². The first-order chi connectivity index (χ1) is 3.30. The summed E-state index contributed by atoms with van der Waals surface area (Å²) in [5, 5.41) is 0.778. The van der Waals surface area contributed by atoms with Gasteiger partial charge in [-0.15, -0.1) is 0 Å². The fourth-order valence-electron chi connectivity index (χ4n) is 0.376. The lowest BCUT2D eigenvalue weighted by Crippen LogP contribution is -1.46. The average Bonchev–Trinajstić information content (AvgIpc) is 1.91. The molecule has 0 N–H and O–H groups in total. The Morgan fingerprint density at radius 1 is 1.71 bits per heavy atom. The summed E-state index contributed by atoms with van der Waals surface area (Å²) in [5.41, 5.74) is 0. The zero-order chi connectivity index (χ0) is 5.28. The van der Waals surface area contributed by atoms with Gasteiger partial charge >= 0.3 is 0 Å². The van der Waals surface area contributed by atoms with E-state index in [0.717, 1.165) is 9.50 Å². The molecule has 0 bridgehead atoms. The van der Waals surface area contributed by atoms with Crippen molar-refractivity contribution in [2.24, 2.45) is 0 Å². The molecule has 0 fully saturated rings. The Hall–Kier alpha value is 0.120. The van der Waals surface area contributed by atoms with Crippen molar-refractivity contribution in [1.29, 1.82) is 0 Å². The van der Waals surface area contributed by atoms with Crippen LogP contribution in [0.15, 0.2) is 22.7 Å². The minimum atomic E-state index is 0.778. The van der Waals surface area contributed by atoms with E-state index in [1.807, 2.05) is 18.2 Å². The predicted molar refractivity (Wildman–Crippen MR) is 34.7 cm³/mol. The molecular formula is C5H3BrCl-. The Bertz CT molecular complexity index is 140. The fourth-order valence-corrected chi connectivity index (χ4v) is 0.797. The molecule has 38 valence electrons. The summed E-state index contributed by atoms with van der Waals surface area (Å²) in [6, 6.07) is 5.64. The van der Waals surface area contributed by atoms with Gasteiger partial charge in [0.2, 0.25) is 0 Å². The van der Waals surface area contributed by atoms with E-state index >= 15 is 0 Å². The number of rotatable bonds is 0. The quantitative estimate of drug-likeness (QED) is 0.536. The molecule has 0 heterocycles. The van der Waals surface area contributed by atoms with E-state index in [9.17, 15) is 0 Å². The zero-order valence-corrected chi connectivity index (χ0v) is 5.83. The molecule has 0 unspecified atom stereocenters. The van der Waals surface area contributed by atoms with Gasteiger partial charge in [0.25, 0.3) is 0 Å². The molecule has 0 aliphatic heterocycles. The molecule has 0 aromatic heterocycles. The first-order valence-corrected chi connectivity index (χ1v) is 3.04. The van der Waals surface area contributed by atoms with Gasteiger partial charge < -0.3 is 0 Å². The summed E-state index contributed by atoms with van der Waals surface area (Å²) in [7, 11) is 0. The molecule has 0 aliphatic rings. The monoisotopic (exact) mass is 177 g/mol. The van der Waals surface area contributed by atoms with Crippen molar-refractivity contribution in [3.63, 3.8) is 0 Å². The first kappa shape index (κ1) is 5.26. The van der Waals surface area contributed by atoms with E-state index in [4.69, 9.17) is 11.6 Å². The third-order valence-electron chi connectivity index (χ3n) is 0.713. The van der Waals surface area contributed by atoms with Gasteiger partial charge in [-0.25, -0.2) is 6.07 Å². The van der Waals surface area contributed by atoms with Crippen LogP contribution in [0.4, 0.5) is 0 Å². The highest BCUT2D eigenvalue weighted by Gasteiger charge is 1.79. The Morgan fingerprint density at radius 3 is 2.57 bits per heavy atom. The zero-order valence-electron chi connectivity index (χ0n) is 3.49. The Kier molecular flexibility index (Phi) is 1.45. The Balaban J connectivity index is 3.12. The molecule has 7 heavy (non-hydrogen) atoms.